The summed E-state index contributed by atoms with van der Waals surface area (Å²) in [5, 5.41) is 14.0. The molecule has 26 heavy (non-hydrogen) atoms. The Labute approximate surface area is 152 Å². The minimum absolute atomic E-state index is 0.0625. The summed E-state index contributed by atoms with van der Waals surface area (Å²) in [7, 11) is 0. The van der Waals surface area contributed by atoms with Crippen molar-refractivity contribution >= 4 is 11.9 Å². The monoisotopic (exact) mass is 345 g/mol. The third kappa shape index (κ3) is 3.50. The second kappa shape index (κ2) is 7.24. The minimum atomic E-state index is -0.355. The highest BCUT2D eigenvalue weighted by atomic mass is 16.3. The van der Waals surface area contributed by atoms with Crippen LogP contribution in [-0.4, -0.2) is 15.6 Å². The summed E-state index contributed by atoms with van der Waals surface area (Å²) in [6.45, 7) is 6.51. The number of Topliss-reactive ketones (excluding diaryl/α,β-unsaturated/α-hetero) is 1. The molecule has 0 saturated carbocycles. The first kappa shape index (κ1) is 17.4. The van der Waals surface area contributed by atoms with Crippen molar-refractivity contribution in [1.82, 2.24) is 9.78 Å². The van der Waals surface area contributed by atoms with Crippen LogP contribution in [0.1, 0.15) is 38.4 Å². The lowest BCUT2D eigenvalue weighted by atomic mass is 10.0. The van der Waals surface area contributed by atoms with E-state index in [1.807, 2.05) is 24.6 Å². The van der Waals surface area contributed by atoms with E-state index in [1.54, 1.807) is 12.1 Å². The predicted octanol–water partition coefficient (Wildman–Crippen LogP) is 4.24. The van der Waals surface area contributed by atoms with E-state index in [2.05, 4.69) is 36.3 Å². The van der Waals surface area contributed by atoms with Crippen molar-refractivity contribution in [3.05, 3.63) is 82.1 Å². The van der Waals surface area contributed by atoms with Crippen molar-refractivity contribution in [1.29, 1.82) is 5.26 Å². The van der Waals surface area contributed by atoms with E-state index in [1.165, 1.54) is 18.1 Å². The second-order valence-corrected chi connectivity index (χ2v) is 6.24. The maximum Gasteiger partial charge on any atom is 0.206 e. The number of nitriles is 1. The van der Waals surface area contributed by atoms with Crippen LogP contribution >= 0.6 is 0 Å². The van der Waals surface area contributed by atoms with Gasteiger partial charge < -0.3 is 4.42 Å². The molecule has 3 rings (SSSR count). The summed E-state index contributed by atoms with van der Waals surface area (Å²) in [6, 6.07) is 11.8. The quantitative estimate of drug-likeness (QED) is 0.394. The maximum absolute atomic E-state index is 12.4. The Balaban J connectivity index is 1.93. The van der Waals surface area contributed by atoms with Gasteiger partial charge in [-0.15, -0.1) is 0 Å². The van der Waals surface area contributed by atoms with Crippen LogP contribution < -0.4 is 0 Å². The molecule has 0 N–H and O–H groups in total. The molecule has 0 spiro atoms. The number of benzene rings is 1. The van der Waals surface area contributed by atoms with Crippen LogP contribution in [0.15, 0.2) is 52.8 Å². The smallest absolute Gasteiger partial charge is 0.206 e. The van der Waals surface area contributed by atoms with Gasteiger partial charge in [0.15, 0.2) is 0 Å². The summed E-state index contributed by atoms with van der Waals surface area (Å²) in [6.07, 6.45) is 4.37. The molecule has 0 atom stereocenters. The number of allylic oxidation sites excluding steroid dienone is 1. The van der Waals surface area contributed by atoms with Gasteiger partial charge in [0.25, 0.3) is 0 Å². The van der Waals surface area contributed by atoms with Crippen LogP contribution in [0.4, 0.5) is 0 Å². The van der Waals surface area contributed by atoms with Gasteiger partial charge in [-0.1, -0.05) is 29.8 Å². The lowest BCUT2D eigenvalue weighted by molar-refractivity contribution is 0.103. The molecule has 0 unspecified atom stereocenters. The van der Waals surface area contributed by atoms with E-state index in [-0.39, 0.29) is 11.4 Å². The normalized spacial score (nSPS) is 11.4. The van der Waals surface area contributed by atoms with Crippen LogP contribution in [0, 0.1) is 32.1 Å². The highest BCUT2D eigenvalue weighted by Crippen LogP contribution is 2.20. The maximum atomic E-state index is 12.4. The van der Waals surface area contributed by atoms with Gasteiger partial charge in [-0.3, -0.25) is 9.48 Å². The topological polar surface area (TPSA) is 71.8 Å². The molecule has 0 amide bonds. The van der Waals surface area contributed by atoms with E-state index in [4.69, 9.17) is 4.42 Å². The summed E-state index contributed by atoms with van der Waals surface area (Å²) in [5.74, 6) is -0.355. The van der Waals surface area contributed by atoms with Gasteiger partial charge in [-0.05, 0) is 38.5 Å². The number of aryl methyl sites for hydroxylation is 2. The second-order valence-electron chi connectivity index (χ2n) is 6.24. The molecule has 5 nitrogen and oxygen atoms in total. The SMILES string of the molecule is Cc1ccc(Cn2nc(C)c(/C=C(\C#N)C(=O)c3ccoc3)c2C)cc1. The number of ketones is 1. The van der Waals surface area contributed by atoms with Crippen molar-refractivity contribution in [2.75, 3.05) is 0 Å². The highest BCUT2D eigenvalue weighted by molar-refractivity contribution is 6.13. The fourth-order valence-corrected chi connectivity index (χ4v) is 2.78. The summed E-state index contributed by atoms with van der Waals surface area (Å²) in [4.78, 5) is 12.4. The first-order valence-electron chi connectivity index (χ1n) is 8.28. The standard InChI is InChI=1S/C21H19N3O2/c1-14-4-6-17(7-5-14)12-24-16(3)20(15(2)23-24)10-19(11-22)21(25)18-8-9-26-13-18/h4-10,13H,12H2,1-3H3/b19-10+. The lowest BCUT2D eigenvalue weighted by Crippen LogP contribution is -2.04. The van der Waals surface area contributed by atoms with Crippen LogP contribution in [0.2, 0.25) is 0 Å². The number of rotatable bonds is 5. The molecule has 130 valence electrons. The first-order chi connectivity index (χ1) is 12.5. The number of hydrogen-bond donors (Lipinski definition) is 0. The molecule has 0 fully saturated rings. The molecule has 0 saturated heterocycles. The zero-order valence-corrected chi connectivity index (χ0v) is 15.0. The Morgan fingerprint density at radius 3 is 2.58 bits per heavy atom. The van der Waals surface area contributed by atoms with Gasteiger partial charge in [-0.2, -0.15) is 10.4 Å². The Hall–Kier alpha value is -3.39. The third-order valence-corrected chi connectivity index (χ3v) is 4.33. The van der Waals surface area contributed by atoms with Crippen molar-refractivity contribution in [3.63, 3.8) is 0 Å². The fourth-order valence-electron chi connectivity index (χ4n) is 2.78. The Bertz CT molecular complexity index is 1000. The fraction of sp³-hybridized carbons (Fsp3) is 0.190. The molecule has 0 bridgehead atoms. The number of hydrogen-bond acceptors (Lipinski definition) is 4. The zero-order valence-electron chi connectivity index (χ0n) is 15.0. The van der Waals surface area contributed by atoms with Gasteiger partial charge in [-0.25, -0.2) is 0 Å². The predicted molar refractivity (Wildman–Crippen MR) is 98.6 cm³/mol. The largest absolute Gasteiger partial charge is 0.472 e. The summed E-state index contributed by atoms with van der Waals surface area (Å²) >= 11 is 0. The molecule has 0 aliphatic rings. The summed E-state index contributed by atoms with van der Waals surface area (Å²) in [5.41, 5.74) is 5.27. The van der Waals surface area contributed by atoms with E-state index < -0.39 is 0 Å². The van der Waals surface area contributed by atoms with Crippen LogP contribution in [0.3, 0.4) is 0 Å². The number of carbonyl (C=O) groups is 1. The van der Waals surface area contributed by atoms with Gasteiger partial charge in [0.2, 0.25) is 5.78 Å². The average molecular weight is 345 g/mol. The minimum Gasteiger partial charge on any atom is -0.472 e. The molecule has 0 radical (unpaired) electrons. The van der Waals surface area contributed by atoms with Crippen molar-refractivity contribution in [2.24, 2.45) is 0 Å². The molecule has 2 heterocycles. The van der Waals surface area contributed by atoms with Crippen LogP contribution in [0.5, 0.6) is 0 Å². The molecule has 5 heteroatoms. The first-order valence-corrected chi connectivity index (χ1v) is 8.28. The molecule has 0 aliphatic carbocycles. The van der Waals surface area contributed by atoms with Crippen molar-refractivity contribution < 1.29 is 9.21 Å². The lowest BCUT2D eigenvalue weighted by Gasteiger charge is -2.05. The molecule has 3 aromatic rings. The molecular weight excluding hydrogens is 326 g/mol. The zero-order chi connectivity index (χ0) is 18.7. The van der Waals surface area contributed by atoms with Crippen molar-refractivity contribution in [2.45, 2.75) is 27.3 Å². The molecular formula is C21H19N3O2. The Morgan fingerprint density at radius 2 is 1.96 bits per heavy atom. The van der Waals surface area contributed by atoms with Gasteiger partial charge >= 0.3 is 0 Å². The Kier molecular flexibility index (Phi) is 4.85. The van der Waals surface area contributed by atoms with E-state index >= 15 is 0 Å². The molecule has 0 aliphatic heterocycles. The van der Waals surface area contributed by atoms with E-state index in [9.17, 15) is 10.1 Å². The van der Waals surface area contributed by atoms with Crippen molar-refractivity contribution in [3.8, 4) is 6.07 Å². The van der Waals surface area contributed by atoms with Gasteiger partial charge in [0.1, 0.15) is 17.9 Å². The number of aromatic nitrogens is 2. The highest BCUT2D eigenvalue weighted by Gasteiger charge is 2.16. The van der Waals surface area contributed by atoms with E-state index in [0.29, 0.717) is 12.1 Å². The summed E-state index contributed by atoms with van der Waals surface area (Å²) < 4.78 is 6.82. The molecule has 2 aromatic heterocycles. The third-order valence-electron chi connectivity index (χ3n) is 4.33. The average Bonchev–Trinajstić information content (AvgIpc) is 3.25. The van der Waals surface area contributed by atoms with Crippen LogP contribution in [0.25, 0.3) is 6.08 Å². The number of furan rings is 1. The van der Waals surface area contributed by atoms with E-state index in [0.717, 1.165) is 22.5 Å². The van der Waals surface area contributed by atoms with Gasteiger partial charge in [0.05, 0.1) is 24.1 Å². The van der Waals surface area contributed by atoms with Gasteiger partial charge in [0, 0.05) is 11.3 Å². The van der Waals surface area contributed by atoms with Crippen LogP contribution in [-0.2, 0) is 6.54 Å². The number of carbonyl (C=O) groups excluding carboxylic acids is 1. The molecule has 1 aromatic carbocycles. The number of nitrogens with zero attached hydrogens (tertiary/aromatic N) is 3. The Morgan fingerprint density at radius 1 is 1.23 bits per heavy atom.